The van der Waals surface area contributed by atoms with Crippen molar-refractivity contribution in [1.29, 1.82) is 0 Å². The summed E-state index contributed by atoms with van der Waals surface area (Å²) in [5, 5.41) is 5.38. The van der Waals surface area contributed by atoms with Crippen LogP contribution in [0.1, 0.15) is 32.6 Å². The Balaban J connectivity index is 1.56. The molecule has 1 N–H and O–H groups in total. The molecule has 5 nitrogen and oxygen atoms in total. The molecule has 4 aromatic rings. The molecule has 2 heterocycles. The molecule has 0 unspecified atom stereocenters. The molecule has 0 fully saturated rings. The molecule has 0 atom stereocenters. The Morgan fingerprint density at radius 1 is 0.903 bits per heavy atom. The van der Waals surface area contributed by atoms with Gasteiger partial charge in [-0.15, -0.1) is 11.3 Å². The molecule has 0 aliphatic carbocycles. The number of anilines is 1. The van der Waals surface area contributed by atoms with Gasteiger partial charge >= 0.3 is 0 Å². The van der Waals surface area contributed by atoms with Crippen molar-refractivity contribution in [3.63, 3.8) is 0 Å². The quantitative estimate of drug-likeness (QED) is 0.394. The molecule has 156 valence electrons. The zero-order valence-electron chi connectivity index (χ0n) is 17.9. The van der Waals surface area contributed by atoms with Crippen LogP contribution in [0.15, 0.2) is 60.2 Å². The molecule has 0 spiro atoms. The van der Waals surface area contributed by atoms with Gasteiger partial charge in [-0.05, 0) is 86.3 Å². The van der Waals surface area contributed by atoms with Crippen LogP contribution in [0.2, 0.25) is 0 Å². The van der Waals surface area contributed by atoms with Crippen LogP contribution in [0.25, 0.3) is 11.3 Å². The highest BCUT2D eigenvalue weighted by Crippen LogP contribution is 2.34. The van der Waals surface area contributed by atoms with Gasteiger partial charge in [0.1, 0.15) is 11.5 Å². The molecule has 2 aromatic heterocycles. The van der Waals surface area contributed by atoms with Gasteiger partial charge < -0.3 is 4.74 Å². The summed E-state index contributed by atoms with van der Waals surface area (Å²) in [5.74, 6) is 1.43. The molecule has 0 bridgehead atoms. The van der Waals surface area contributed by atoms with E-state index >= 15 is 0 Å². The minimum Gasteiger partial charge on any atom is -0.457 e. The van der Waals surface area contributed by atoms with Crippen molar-refractivity contribution in [3.05, 3.63) is 88.1 Å². The van der Waals surface area contributed by atoms with Crippen molar-refractivity contribution in [1.82, 2.24) is 9.97 Å². The summed E-state index contributed by atoms with van der Waals surface area (Å²) in [6.07, 6.45) is 3.19. The highest BCUT2D eigenvalue weighted by atomic mass is 32.1. The summed E-state index contributed by atoms with van der Waals surface area (Å²) in [6, 6.07) is 13.6. The number of aryl methyl sites for hydroxylation is 4. The third-order valence-corrected chi connectivity index (χ3v) is 5.62. The minimum atomic E-state index is -0.200. The number of rotatable bonds is 5. The van der Waals surface area contributed by atoms with Gasteiger partial charge in [0, 0.05) is 28.9 Å². The first-order chi connectivity index (χ1) is 14.9. The van der Waals surface area contributed by atoms with Crippen LogP contribution >= 0.6 is 11.3 Å². The Hall–Kier alpha value is -3.51. The van der Waals surface area contributed by atoms with E-state index in [1.54, 1.807) is 24.5 Å². The number of hydrogen-bond acceptors (Lipinski definition) is 5. The Morgan fingerprint density at radius 2 is 1.52 bits per heavy atom. The number of thiazole rings is 1. The maximum absolute atomic E-state index is 12.4. The SMILES string of the molecule is Cc1cc(C)cc(Oc2cc(C)c(-c3csc(NC(=O)c4ccncc4)n3)c(C)c2)c1. The van der Waals surface area contributed by atoms with Gasteiger partial charge in [-0.1, -0.05) is 6.07 Å². The van der Waals surface area contributed by atoms with E-state index in [2.05, 4.69) is 35.2 Å². The topological polar surface area (TPSA) is 64.1 Å². The van der Waals surface area contributed by atoms with E-state index < -0.39 is 0 Å². The van der Waals surface area contributed by atoms with Gasteiger partial charge in [-0.3, -0.25) is 15.1 Å². The number of carbonyl (C=O) groups excluding carboxylic acids is 1. The lowest BCUT2D eigenvalue weighted by atomic mass is 10.0. The van der Waals surface area contributed by atoms with Gasteiger partial charge in [0.25, 0.3) is 5.91 Å². The highest BCUT2D eigenvalue weighted by Gasteiger charge is 2.14. The fourth-order valence-corrected chi connectivity index (χ4v) is 4.33. The summed E-state index contributed by atoms with van der Waals surface area (Å²) in [5.41, 5.74) is 6.91. The van der Waals surface area contributed by atoms with Crippen LogP contribution in [0.5, 0.6) is 11.5 Å². The van der Waals surface area contributed by atoms with Gasteiger partial charge in [-0.25, -0.2) is 4.98 Å². The summed E-state index contributed by atoms with van der Waals surface area (Å²) < 4.78 is 6.12. The fraction of sp³-hybridized carbons (Fsp3) is 0.160. The zero-order valence-corrected chi connectivity index (χ0v) is 18.7. The van der Waals surface area contributed by atoms with E-state index in [4.69, 9.17) is 4.74 Å². The predicted molar refractivity (Wildman–Crippen MR) is 125 cm³/mol. The van der Waals surface area contributed by atoms with E-state index in [0.29, 0.717) is 10.7 Å². The summed E-state index contributed by atoms with van der Waals surface area (Å²) in [7, 11) is 0. The summed E-state index contributed by atoms with van der Waals surface area (Å²) in [4.78, 5) is 20.9. The number of carbonyl (C=O) groups is 1. The molecule has 0 aliphatic rings. The average Bonchev–Trinajstić information content (AvgIpc) is 3.15. The first-order valence-corrected chi connectivity index (χ1v) is 10.8. The molecular formula is C25H23N3O2S. The Kier molecular flexibility index (Phi) is 5.82. The van der Waals surface area contributed by atoms with Gasteiger partial charge in [-0.2, -0.15) is 0 Å². The van der Waals surface area contributed by atoms with Crippen molar-refractivity contribution >= 4 is 22.4 Å². The van der Waals surface area contributed by atoms with Crippen LogP contribution in [0.3, 0.4) is 0 Å². The second-order valence-electron chi connectivity index (χ2n) is 7.59. The number of benzene rings is 2. The highest BCUT2D eigenvalue weighted by molar-refractivity contribution is 7.14. The molecule has 1 amide bonds. The molecule has 0 radical (unpaired) electrons. The Labute approximate surface area is 185 Å². The molecule has 0 aliphatic heterocycles. The van der Waals surface area contributed by atoms with Gasteiger partial charge in [0.05, 0.1) is 5.69 Å². The van der Waals surface area contributed by atoms with Crippen molar-refractivity contribution in [2.24, 2.45) is 0 Å². The van der Waals surface area contributed by atoms with E-state index in [0.717, 1.165) is 33.9 Å². The van der Waals surface area contributed by atoms with Crippen LogP contribution in [0, 0.1) is 27.7 Å². The van der Waals surface area contributed by atoms with Crippen LogP contribution < -0.4 is 10.1 Å². The van der Waals surface area contributed by atoms with Crippen LogP contribution in [-0.2, 0) is 0 Å². The number of nitrogens with zero attached hydrogens (tertiary/aromatic N) is 2. The zero-order chi connectivity index (χ0) is 22.0. The number of pyridine rings is 1. The molecule has 0 saturated heterocycles. The summed E-state index contributed by atoms with van der Waals surface area (Å²) >= 11 is 1.40. The Morgan fingerprint density at radius 3 is 2.16 bits per heavy atom. The first-order valence-electron chi connectivity index (χ1n) is 9.94. The largest absolute Gasteiger partial charge is 0.457 e. The monoisotopic (exact) mass is 429 g/mol. The standard InChI is InChI=1S/C25H23N3O2S/c1-15-9-16(2)11-20(10-15)30-21-12-17(3)23(18(4)13-21)22-14-31-25(27-22)28-24(29)19-5-7-26-8-6-19/h5-14H,1-4H3,(H,27,28,29). The van der Waals surface area contributed by atoms with Gasteiger partial charge in [0.15, 0.2) is 5.13 Å². The summed E-state index contributed by atoms with van der Waals surface area (Å²) in [6.45, 7) is 8.22. The molecule has 0 saturated carbocycles. The molecular weight excluding hydrogens is 406 g/mol. The van der Waals surface area contributed by atoms with Crippen molar-refractivity contribution in [2.45, 2.75) is 27.7 Å². The van der Waals surface area contributed by atoms with Crippen molar-refractivity contribution in [2.75, 3.05) is 5.32 Å². The number of ether oxygens (including phenoxy) is 1. The molecule has 4 rings (SSSR count). The third kappa shape index (κ3) is 4.81. The number of amides is 1. The second-order valence-corrected chi connectivity index (χ2v) is 8.44. The molecule has 31 heavy (non-hydrogen) atoms. The number of nitrogens with one attached hydrogen (secondary N) is 1. The average molecular weight is 430 g/mol. The molecule has 6 heteroatoms. The minimum absolute atomic E-state index is 0.200. The maximum atomic E-state index is 12.4. The maximum Gasteiger partial charge on any atom is 0.257 e. The number of hydrogen-bond donors (Lipinski definition) is 1. The van der Waals surface area contributed by atoms with Crippen LogP contribution in [-0.4, -0.2) is 15.9 Å². The predicted octanol–water partition coefficient (Wildman–Crippen LogP) is 6.48. The van der Waals surface area contributed by atoms with Crippen LogP contribution in [0.4, 0.5) is 5.13 Å². The van der Waals surface area contributed by atoms with Crippen molar-refractivity contribution in [3.8, 4) is 22.8 Å². The van der Waals surface area contributed by atoms with E-state index in [9.17, 15) is 4.79 Å². The fourth-order valence-electron chi connectivity index (χ4n) is 3.63. The van der Waals surface area contributed by atoms with Crippen molar-refractivity contribution < 1.29 is 9.53 Å². The third-order valence-electron chi connectivity index (χ3n) is 4.86. The Bertz CT molecular complexity index is 1210. The lowest BCUT2D eigenvalue weighted by Gasteiger charge is -2.13. The lowest BCUT2D eigenvalue weighted by Crippen LogP contribution is -2.11. The first kappa shape index (κ1) is 20.8. The van der Waals surface area contributed by atoms with E-state index in [1.807, 2.05) is 43.5 Å². The molecule has 2 aromatic carbocycles. The normalized spacial score (nSPS) is 10.7. The smallest absolute Gasteiger partial charge is 0.257 e. The number of aromatic nitrogens is 2. The lowest BCUT2D eigenvalue weighted by molar-refractivity contribution is 0.102. The van der Waals surface area contributed by atoms with E-state index in [1.165, 1.54) is 22.5 Å². The van der Waals surface area contributed by atoms with Gasteiger partial charge in [0.2, 0.25) is 0 Å². The second kappa shape index (κ2) is 8.70. The van der Waals surface area contributed by atoms with E-state index in [-0.39, 0.29) is 5.91 Å².